The lowest BCUT2D eigenvalue weighted by Gasteiger charge is -2.43. The number of carbonyl (C=O) groups excluding carboxylic acids is 1. The SMILES string of the molecule is CC(COc1ccc(S(C)(=O)=O)cc1)N1CCC2(CC1)C(=O)N([C@H]1C[C@@H](O)C1)c1ccc(Cl)cc12. The number of ether oxygens (including phenoxy) is 1. The van der Waals surface area contributed by atoms with Crippen LogP contribution in [0.2, 0.25) is 5.02 Å². The number of aliphatic hydroxyl groups excluding tert-OH is 1. The van der Waals surface area contributed by atoms with Crippen molar-refractivity contribution in [3.8, 4) is 5.75 Å². The van der Waals surface area contributed by atoms with Gasteiger partial charge in [0.25, 0.3) is 0 Å². The number of aliphatic hydroxyl groups is 1. The molecule has 2 aromatic rings. The lowest BCUT2D eigenvalue weighted by molar-refractivity contribution is -0.126. The first kappa shape index (κ1) is 24.6. The van der Waals surface area contributed by atoms with E-state index in [0.717, 1.165) is 24.3 Å². The number of hydrogen-bond acceptors (Lipinski definition) is 6. The van der Waals surface area contributed by atoms with E-state index in [1.165, 1.54) is 6.26 Å². The quantitative estimate of drug-likeness (QED) is 0.630. The van der Waals surface area contributed by atoms with Gasteiger partial charge < -0.3 is 14.7 Å². The van der Waals surface area contributed by atoms with E-state index in [0.29, 0.717) is 43.1 Å². The van der Waals surface area contributed by atoms with E-state index in [-0.39, 0.29) is 29.0 Å². The van der Waals surface area contributed by atoms with Crippen LogP contribution in [0.1, 0.15) is 38.2 Å². The fourth-order valence-corrected chi connectivity index (χ4v) is 6.43. The molecule has 2 fully saturated rings. The number of benzene rings is 2. The Morgan fingerprint density at radius 3 is 2.40 bits per heavy atom. The Hall–Kier alpha value is -2.13. The molecule has 1 spiro atoms. The van der Waals surface area contributed by atoms with Gasteiger partial charge in [-0.05, 0) is 93.7 Å². The van der Waals surface area contributed by atoms with Gasteiger partial charge in [0.1, 0.15) is 12.4 Å². The van der Waals surface area contributed by atoms with E-state index in [4.69, 9.17) is 16.3 Å². The Morgan fingerprint density at radius 2 is 1.80 bits per heavy atom. The van der Waals surface area contributed by atoms with Crippen LogP contribution in [0.3, 0.4) is 0 Å². The maximum Gasteiger partial charge on any atom is 0.238 e. The van der Waals surface area contributed by atoms with Crippen LogP contribution >= 0.6 is 11.6 Å². The van der Waals surface area contributed by atoms with Crippen molar-refractivity contribution in [2.24, 2.45) is 0 Å². The molecule has 2 aromatic carbocycles. The third-order valence-corrected chi connectivity index (χ3v) is 9.20. The molecule has 3 aliphatic rings. The molecule has 1 atom stereocenters. The second-order valence-electron chi connectivity index (χ2n) is 10.1. The van der Waals surface area contributed by atoms with Crippen molar-refractivity contribution in [1.29, 1.82) is 0 Å². The number of nitrogens with zero attached hydrogens (tertiary/aromatic N) is 2. The van der Waals surface area contributed by atoms with Crippen LogP contribution in [0.4, 0.5) is 5.69 Å². The Kier molecular flexibility index (Phi) is 6.36. The highest BCUT2D eigenvalue weighted by atomic mass is 35.5. The van der Waals surface area contributed by atoms with Crippen molar-refractivity contribution in [2.45, 2.75) is 61.1 Å². The Balaban J connectivity index is 1.25. The minimum atomic E-state index is -3.23. The molecule has 9 heteroatoms. The van der Waals surface area contributed by atoms with Gasteiger partial charge in [0.2, 0.25) is 5.91 Å². The summed E-state index contributed by atoms with van der Waals surface area (Å²) < 4.78 is 29.2. The zero-order valence-corrected chi connectivity index (χ0v) is 21.6. The number of carbonyl (C=O) groups is 1. The van der Waals surface area contributed by atoms with Gasteiger partial charge in [0.05, 0.1) is 16.4 Å². The molecule has 2 heterocycles. The Labute approximate surface area is 211 Å². The van der Waals surface area contributed by atoms with E-state index < -0.39 is 15.3 Å². The third-order valence-electron chi connectivity index (χ3n) is 7.83. The molecule has 1 amide bonds. The molecule has 0 radical (unpaired) electrons. The molecule has 0 bridgehead atoms. The number of fused-ring (bicyclic) bond motifs is 2. The Morgan fingerprint density at radius 1 is 1.14 bits per heavy atom. The topological polar surface area (TPSA) is 87.2 Å². The summed E-state index contributed by atoms with van der Waals surface area (Å²) in [5.74, 6) is 0.770. The number of sulfone groups is 1. The van der Waals surface area contributed by atoms with Gasteiger partial charge in [0.15, 0.2) is 9.84 Å². The number of hydrogen-bond donors (Lipinski definition) is 1. The summed E-state index contributed by atoms with van der Waals surface area (Å²) >= 11 is 6.35. The minimum Gasteiger partial charge on any atom is -0.492 e. The maximum atomic E-state index is 13.8. The molecule has 5 rings (SSSR count). The van der Waals surface area contributed by atoms with Gasteiger partial charge in [-0.15, -0.1) is 0 Å². The van der Waals surface area contributed by atoms with Crippen molar-refractivity contribution >= 4 is 33.0 Å². The van der Waals surface area contributed by atoms with Crippen LogP contribution in [0.25, 0.3) is 0 Å². The molecule has 1 saturated heterocycles. The number of piperidine rings is 1. The molecule has 0 aromatic heterocycles. The molecule has 2 aliphatic heterocycles. The molecular formula is C26H31ClN2O5S. The van der Waals surface area contributed by atoms with Gasteiger partial charge in [-0.3, -0.25) is 9.69 Å². The first-order valence-electron chi connectivity index (χ1n) is 12.1. The summed E-state index contributed by atoms with van der Waals surface area (Å²) in [7, 11) is -3.23. The smallest absolute Gasteiger partial charge is 0.238 e. The summed E-state index contributed by atoms with van der Waals surface area (Å²) in [6, 6.07) is 12.4. The van der Waals surface area contributed by atoms with Gasteiger partial charge >= 0.3 is 0 Å². The highest BCUT2D eigenvalue weighted by Crippen LogP contribution is 2.51. The fraction of sp³-hybridized carbons (Fsp3) is 0.500. The first-order chi connectivity index (χ1) is 16.6. The highest BCUT2D eigenvalue weighted by molar-refractivity contribution is 7.90. The van der Waals surface area contributed by atoms with Crippen molar-refractivity contribution in [3.63, 3.8) is 0 Å². The van der Waals surface area contributed by atoms with Crippen LogP contribution < -0.4 is 9.64 Å². The van der Waals surface area contributed by atoms with E-state index in [1.807, 2.05) is 23.1 Å². The van der Waals surface area contributed by atoms with Crippen LogP contribution in [0.5, 0.6) is 5.75 Å². The molecular weight excluding hydrogens is 488 g/mol. The zero-order valence-electron chi connectivity index (χ0n) is 20.0. The minimum absolute atomic E-state index is 0.0521. The van der Waals surface area contributed by atoms with Crippen LogP contribution in [-0.4, -0.2) is 68.5 Å². The first-order valence-corrected chi connectivity index (χ1v) is 14.3. The summed E-state index contributed by atoms with van der Waals surface area (Å²) in [5, 5.41) is 10.5. The largest absolute Gasteiger partial charge is 0.492 e. The molecule has 1 unspecified atom stereocenters. The number of halogens is 1. The summed E-state index contributed by atoms with van der Waals surface area (Å²) in [5.41, 5.74) is 1.39. The van der Waals surface area contributed by atoms with Gasteiger partial charge in [0, 0.05) is 29.0 Å². The summed E-state index contributed by atoms with van der Waals surface area (Å²) in [4.78, 5) is 18.3. The number of likely N-dealkylation sites (tertiary alicyclic amines) is 1. The summed E-state index contributed by atoms with van der Waals surface area (Å²) in [6.07, 6.45) is 3.51. The average Bonchev–Trinajstić information content (AvgIpc) is 3.03. The normalized spacial score (nSPS) is 24.8. The average molecular weight is 519 g/mol. The molecule has 1 aliphatic carbocycles. The molecule has 1 N–H and O–H groups in total. The third kappa shape index (κ3) is 4.46. The predicted octanol–water partition coefficient (Wildman–Crippen LogP) is 3.41. The van der Waals surface area contributed by atoms with E-state index >= 15 is 0 Å². The van der Waals surface area contributed by atoms with E-state index in [1.54, 1.807) is 24.3 Å². The lowest BCUT2D eigenvalue weighted by atomic mass is 9.73. The monoisotopic (exact) mass is 518 g/mol. The zero-order chi connectivity index (χ0) is 25.0. The lowest BCUT2D eigenvalue weighted by Crippen LogP contribution is -2.55. The summed E-state index contributed by atoms with van der Waals surface area (Å²) in [6.45, 7) is 4.09. The number of amides is 1. The predicted molar refractivity (Wildman–Crippen MR) is 135 cm³/mol. The molecule has 188 valence electrons. The van der Waals surface area contributed by atoms with E-state index in [2.05, 4.69) is 11.8 Å². The Bertz CT molecular complexity index is 1220. The highest BCUT2D eigenvalue weighted by Gasteiger charge is 2.55. The van der Waals surface area contributed by atoms with Crippen molar-refractivity contribution < 1.29 is 23.1 Å². The van der Waals surface area contributed by atoms with Crippen molar-refractivity contribution in [2.75, 3.05) is 30.9 Å². The second kappa shape index (κ2) is 9.07. The number of anilines is 1. The van der Waals surface area contributed by atoms with Crippen molar-refractivity contribution in [3.05, 3.63) is 53.1 Å². The van der Waals surface area contributed by atoms with Crippen LogP contribution in [0, 0.1) is 0 Å². The molecule has 1 saturated carbocycles. The van der Waals surface area contributed by atoms with Gasteiger partial charge in [-0.1, -0.05) is 11.6 Å². The van der Waals surface area contributed by atoms with E-state index in [9.17, 15) is 18.3 Å². The van der Waals surface area contributed by atoms with Gasteiger partial charge in [-0.2, -0.15) is 0 Å². The standard InChI is InChI=1S/C26H31ClN2O5S/c1-17(16-34-21-4-6-22(7-5-21)35(2,32)33)28-11-9-26(10-12-28)23-13-18(27)3-8-24(23)29(25(26)31)19-14-20(30)15-19/h3-8,13,17,19-20,30H,9-12,14-16H2,1-2H3/t17?,19-,20+. The van der Waals surface area contributed by atoms with Crippen molar-refractivity contribution in [1.82, 2.24) is 4.90 Å². The van der Waals surface area contributed by atoms with Crippen LogP contribution in [0.15, 0.2) is 47.4 Å². The van der Waals surface area contributed by atoms with Gasteiger partial charge in [-0.25, -0.2) is 8.42 Å². The second-order valence-corrected chi connectivity index (χ2v) is 12.6. The maximum absolute atomic E-state index is 13.8. The molecule has 35 heavy (non-hydrogen) atoms. The van der Waals surface area contributed by atoms with Crippen LogP contribution in [-0.2, 0) is 20.0 Å². The fourth-order valence-electron chi connectivity index (χ4n) is 5.62. The number of rotatable bonds is 6. The molecule has 7 nitrogen and oxygen atoms in total.